The summed E-state index contributed by atoms with van der Waals surface area (Å²) in [5.74, 6) is 0. The van der Waals surface area contributed by atoms with Gasteiger partial charge in [-0.15, -0.1) is 0 Å². The van der Waals surface area contributed by atoms with Crippen molar-refractivity contribution >= 4 is 37.4 Å². The molecular weight excluding hydrogens is 316 g/mol. The van der Waals surface area contributed by atoms with Crippen LogP contribution in [0.25, 0.3) is 5.57 Å². The van der Waals surface area contributed by atoms with Crippen LogP contribution < -0.4 is 0 Å². The Kier molecular flexibility index (Phi) is 3.17. The van der Waals surface area contributed by atoms with E-state index in [0.717, 1.165) is 6.42 Å². The van der Waals surface area contributed by atoms with Crippen molar-refractivity contribution in [1.29, 1.82) is 0 Å². The molecule has 2 heteroatoms. The minimum atomic E-state index is -0.111. The van der Waals surface area contributed by atoms with Gasteiger partial charge < -0.3 is 0 Å². The van der Waals surface area contributed by atoms with E-state index in [4.69, 9.17) is 0 Å². The van der Waals surface area contributed by atoms with Gasteiger partial charge in [0.15, 0.2) is 0 Å². The Balaban J connectivity index is 2.45. The average Bonchev–Trinajstić information content (AvgIpc) is 2.17. The van der Waals surface area contributed by atoms with Gasteiger partial charge in [0, 0.05) is 0 Å². The van der Waals surface area contributed by atoms with Crippen molar-refractivity contribution in [2.75, 3.05) is 0 Å². The molecule has 0 saturated heterocycles. The minimum absolute atomic E-state index is 0.111. The molecule has 0 amide bonds. The van der Waals surface area contributed by atoms with Crippen LogP contribution in [0.4, 0.5) is 0 Å². The molecule has 0 bridgehead atoms. The second kappa shape index (κ2) is 4.26. The highest BCUT2D eigenvalue weighted by atomic mass is 79.9. The largest absolute Gasteiger partial charge is 0.110 e. The van der Waals surface area contributed by atoms with Gasteiger partial charge in [0.25, 0.3) is 0 Å². The number of benzene rings is 1. The fourth-order valence-corrected chi connectivity index (χ4v) is 3.38. The Bertz CT molecular complexity index is 413. The zero-order chi connectivity index (χ0) is 10.9. The first-order chi connectivity index (χ1) is 7.09. The van der Waals surface area contributed by atoms with E-state index in [9.17, 15) is 0 Å². The molecule has 1 aliphatic rings. The third-order valence-corrected chi connectivity index (χ3v) is 3.93. The number of allylic oxidation sites excluding steroid dienone is 4. The highest BCUT2D eigenvalue weighted by molar-refractivity contribution is 9.25. The first-order valence-electron chi connectivity index (χ1n) is 4.91. The van der Waals surface area contributed by atoms with Crippen LogP contribution in [0.1, 0.15) is 18.9 Å². The fourth-order valence-electron chi connectivity index (χ4n) is 1.78. The van der Waals surface area contributed by atoms with Crippen LogP contribution in [0.2, 0.25) is 0 Å². The van der Waals surface area contributed by atoms with Crippen molar-refractivity contribution in [2.24, 2.45) is 0 Å². The molecule has 1 aliphatic carbocycles. The lowest BCUT2D eigenvalue weighted by atomic mass is 9.94. The van der Waals surface area contributed by atoms with Crippen LogP contribution in [0.3, 0.4) is 0 Å². The lowest BCUT2D eigenvalue weighted by Gasteiger charge is -2.27. The molecular formula is C13H12Br2. The van der Waals surface area contributed by atoms with Gasteiger partial charge in [0.1, 0.15) is 3.23 Å². The lowest BCUT2D eigenvalue weighted by Crippen LogP contribution is -2.16. The van der Waals surface area contributed by atoms with E-state index in [2.05, 4.69) is 75.2 Å². The molecule has 2 rings (SSSR count). The summed E-state index contributed by atoms with van der Waals surface area (Å²) in [4.78, 5) is 0. The molecule has 0 aliphatic heterocycles. The highest BCUT2D eigenvalue weighted by Crippen LogP contribution is 2.47. The molecule has 78 valence electrons. The first-order valence-corrected chi connectivity index (χ1v) is 6.49. The van der Waals surface area contributed by atoms with Crippen molar-refractivity contribution in [1.82, 2.24) is 0 Å². The highest BCUT2D eigenvalue weighted by Gasteiger charge is 2.30. The molecule has 0 aromatic heterocycles. The van der Waals surface area contributed by atoms with E-state index in [0.29, 0.717) is 0 Å². The van der Waals surface area contributed by atoms with Crippen LogP contribution in [0.15, 0.2) is 48.1 Å². The first kappa shape index (κ1) is 11.2. The van der Waals surface area contributed by atoms with E-state index in [-0.39, 0.29) is 3.23 Å². The van der Waals surface area contributed by atoms with Crippen LogP contribution in [0.5, 0.6) is 0 Å². The third kappa shape index (κ3) is 2.43. The van der Waals surface area contributed by atoms with E-state index < -0.39 is 0 Å². The quantitative estimate of drug-likeness (QED) is 0.643. The smallest absolute Gasteiger partial charge is 0.0707 e. The summed E-state index contributed by atoms with van der Waals surface area (Å²) in [6, 6.07) is 10.4. The van der Waals surface area contributed by atoms with Crippen LogP contribution in [0, 0.1) is 0 Å². The summed E-state index contributed by atoms with van der Waals surface area (Å²) in [5, 5.41) is 0. The second-order valence-corrected chi connectivity index (χ2v) is 7.61. The van der Waals surface area contributed by atoms with Gasteiger partial charge in [-0.05, 0) is 24.5 Å². The normalized spacial score (nSPS) is 19.4. The van der Waals surface area contributed by atoms with Crippen molar-refractivity contribution in [3.8, 4) is 0 Å². The van der Waals surface area contributed by atoms with Crippen molar-refractivity contribution in [3.05, 3.63) is 53.6 Å². The van der Waals surface area contributed by atoms with Crippen LogP contribution >= 0.6 is 31.9 Å². The molecule has 0 radical (unpaired) electrons. The summed E-state index contributed by atoms with van der Waals surface area (Å²) in [5.41, 5.74) is 3.92. The molecule has 0 saturated carbocycles. The van der Waals surface area contributed by atoms with Crippen molar-refractivity contribution in [2.45, 2.75) is 16.6 Å². The Morgan fingerprint density at radius 1 is 1.07 bits per heavy atom. The minimum Gasteiger partial charge on any atom is -0.0707 e. The van der Waals surface area contributed by atoms with Gasteiger partial charge in [0.2, 0.25) is 0 Å². The zero-order valence-corrected chi connectivity index (χ0v) is 11.7. The predicted molar refractivity (Wildman–Crippen MR) is 73.4 cm³/mol. The Morgan fingerprint density at radius 2 is 1.73 bits per heavy atom. The number of alkyl halides is 2. The summed E-state index contributed by atoms with van der Waals surface area (Å²) >= 11 is 7.49. The summed E-state index contributed by atoms with van der Waals surface area (Å²) in [7, 11) is 0. The van der Waals surface area contributed by atoms with Gasteiger partial charge in [-0.1, -0.05) is 79.9 Å². The molecule has 0 atom stereocenters. The fraction of sp³-hybridized carbons (Fsp3) is 0.231. The maximum atomic E-state index is 3.74. The Morgan fingerprint density at radius 3 is 2.33 bits per heavy atom. The molecule has 0 nitrogen and oxygen atoms in total. The van der Waals surface area contributed by atoms with Gasteiger partial charge in [-0.25, -0.2) is 0 Å². The molecule has 1 aromatic rings. The monoisotopic (exact) mass is 326 g/mol. The predicted octanol–water partition coefficient (Wildman–Crippen LogP) is 4.91. The zero-order valence-electron chi connectivity index (χ0n) is 8.50. The summed E-state index contributed by atoms with van der Waals surface area (Å²) in [6.45, 7) is 2.15. The number of hydrogen-bond donors (Lipinski definition) is 0. The number of rotatable bonds is 1. The van der Waals surface area contributed by atoms with Gasteiger partial charge in [-0.3, -0.25) is 0 Å². The number of hydrogen-bond acceptors (Lipinski definition) is 0. The molecule has 0 unspecified atom stereocenters. The van der Waals surface area contributed by atoms with Crippen molar-refractivity contribution < 1.29 is 0 Å². The SMILES string of the molecule is CC1=CC=C(c2ccccc2)C(Br)(Br)C1. The molecule has 0 N–H and O–H groups in total. The number of halogens is 2. The van der Waals surface area contributed by atoms with Crippen molar-refractivity contribution in [3.63, 3.8) is 0 Å². The Labute approximate surface area is 107 Å². The standard InChI is InChI=1S/C13H12Br2/c1-10-7-8-12(13(14,15)9-10)11-5-3-2-4-6-11/h2-8H,9H2,1H3. The average molecular weight is 328 g/mol. The maximum absolute atomic E-state index is 3.74. The summed E-state index contributed by atoms with van der Waals surface area (Å²) in [6.07, 6.45) is 5.36. The van der Waals surface area contributed by atoms with E-state index in [1.54, 1.807) is 0 Å². The molecule has 1 aromatic carbocycles. The van der Waals surface area contributed by atoms with Gasteiger partial charge in [0.05, 0.1) is 0 Å². The van der Waals surface area contributed by atoms with Gasteiger partial charge >= 0.3 is 0 Å². The van der Waals surface area contributed by atoms with Gasteiger partial charge in [-0.2, -0.15) is 0 Å². The maximum Gasteiger partial charge on any atom is 0.110 e. The topological polar surface area (TPSA) is 0 Å². The molecule has 0 fully saturated rings. The van der Waals surface area contributed by atoms with Crippen LogP contribution in [-0.2, 0) is 0 Å². The summed E-state index contributed by atoms with van der Waals surface area (Å²) < 4.78 is -0.111. The molecule has 0 heterocycles. The van der Waals surface area contributed by atoms with E-state index in [1.165, 1.54) is 16.7 Å². The second-order valence-electron chi connectivity index (χ2n) is 3.84. The van der Waals surface area contributed by atoms with E-state index >= 15 is 0 Å². The Hall–Kier alpha value is -0.340. The van der Waals surface area contributed by atoms with Crippen LogP contribution in [-0.4, -0.2) is 3.23 Å². The molecule has 0 spiro atoms. The van der Waals surface area contributed by atoms with E-state index in [1.807, 2.05) is 6.07 Å². The molecule has 15 heavy (non-hydrogen) atoms. The lowest BCUT2D eigenvalue weighted by molar-refractivity contribution is 0.970. The third-order valence-electron chi connectivity index (χ3n) is 2.51.